The van der Waals surface area contributed by atoms with Gasteiger partial charge in [0.2, 0.25) is 0 Å². The molecule has 0 saturated carbocycles. The van der Waals surface area contributed by atoms with Crippen LogP contribution in [-0.2, 0) is 13.1 Å². The number of nitrogens with one attached hydrogen (secondary N) is 1. The van der Waals surface area contributed by atoms with Gasteiger partial charge >= 0.3 is 0 Å². The normalized spacial score (nSPS) is 15.6. The summed E-state index contributed by atoms with van der Waals surface area (Å²) in [4.78, 5) is 0. The second kappa shape index (κ2) is 3.26. The first-order chi connectivity index (χ1) is 7.29. The predicted octanol–water partition coefficient (Wildman–Crippen LogP) is 2.71. The van der Waals surface area contributed by atoms with Gasteiger partial charge in [-0.25, -0.2) is 0 Å². The highest BCUT2D eigenvalue weighted by molar-refractivity contribution is 6.35. The summed E-state index contributed by atoms with van der Waals surface area (Å²) < 4.78 is 2.30. The quantitative estimate of drug-likeness (QED) is 0.723. The first-order valence-electron chi connectivity index (χ1n) is 5.26. The Morgan fingerprint density at radius 3 is 3.13 bits per heavy atom. The standard InChI is InChI=1S/C12H13ClN2/c1-8-9-3-2-4-10(13)12(9)15-7-14-6-5-11(8)15/h2-4,14H,5-7H2,1H3. The van der Waals surface area contributed by atoms with Crippen molar-refractivity contribution in [2.45, 2.75) is 20.0 Å². The molecule has 0 amide bonds. The Bertz CT molecular complexity index is 528. The Morgan fingerprint density at radius 1 is 1.40 bits per heavy atom. The van der Waals surface area contributed by atoms with Crippen LogP contribution in [0.5, 0.6) is 0 Å². The molecular weight excluding hydrogens is 208 g/mol. The van der Waals surface area contributed by atoms with E-state index >= 15 is 0 Å². The van der Waals surface area contributed by atoms with Gasteiger partial charge in [0, 0.05) is 24.0 Å². The van der Waals surface area contributed by atoms with Crippen molar-refractivity contribution in [2.75, 3.05) is 6.54 Å². The number of aryl methyl sites for hydroxylation is 1. The van der Waals surface area contributed by atoms with Crippen LogP contribution in [0.3, 0.4) is 0 Å². The molecule has 78 valence electrons. The van der Waals surface area contributed by atoms with Crippen molar-refractivity contribution >= 4 is 22.5 Å². The van der Waals surface area contributed by atoms with Crippen molar-refractivity contribution in [3.63, 3.8) is 0 Å². The molecule has 2 heterocycles. The smallest absolute Gasteiger partial charge is 0.0729 e. The molecule has 0 saturated heterocycles. The van der Waals surface area contributed by atoms with Crippen LogP contribution in [0.1, 0.15) is 11.3 Å². The van der Waals surface area contributed by atoms with E-state index in [4.69, 9.17) is 11.6 Å². The number of para-hydroxylation sites is 1. The van der Waals surface area contributed by atoms with Crippen molar-refractivity contribution in [3.8, 4) is 0 Å². The average molecular weight is 221 g/mol. The molecule has 2 aromatic rings. The molecule has 3 rings (SSSR count). The minimum absolute atomic E-state index is 0.852. The molecule has 1 aromatic carbocycles. The lowest BCUT2D eigenvalue weighted by Crippen LogP contribution is -2.28. The molecule has 1 N–H and O–H groups in total. The fourth-order valence-corrected chi connectivity index (χ4v) is 2.76. The zero-order valence-corrected chi connectivity index (χ0v) is 9.43. The summed E-state index contributed by atoms with van der Waals surface area (Å²) in [6.07, 6.45) is 1.09. The van der Waals surface area contributed by atoms with E-state index in [0.29, 0.717) is 0 Å². The van der Waals surface area contributed by atoms with E-state index in [0.717, 1.165) is 24.7 Å². The molecule has 1 aromatic heterocycles. The molecule has 15 heavy (non-hydrogen) atoms. The largest absolute Gasteiger partial charge is 0.330 e. The average Bonchev–Trinajstić information content (AvgIpc) is 2.55. The van der Waals surface area contributed by atoms with Crippen molar-refractivity contribution in [1.29, 1.82) is 0 Å². The topological polar surface area (TPSA) is 17.0 Å². The van der Waals surface area contributed by atoms with Gasteiger partial charge in [-0.05, 0) is 18.6 Å². The Balaban J connectivity index is 2.44. The van der Waals surface area contributed by atoms with Gasteiger partial charge in [-0.3, -0.25) is 5.32 Å². The van der Waals surface area contributed by atoms with Gasteiger partial charge in [-0.1, -0.05) is 23.7 Å². The highest BCUT2D eigenvalue weighted by Crippen LogP contribution is 2.31. The third-order valence-electron chi connectivity index (χ3n) is 3.23. The zero-order chi connectivity index (χ0) is 10.4. The van der Waals surface area contributed by atoms with Gasteiger partial charge in [0.1, 0.15) is 0 Å². The van der Waals surface area contributed by atoms with Gasteiger partial charge in [0.25, 0.3) is 0 Å². The van der Waals surface area contributed by atoms with Gasteiger partial charge in [-0.2, -0.15) is 0 Å². The number of rotatable bonds is 0. The zero-order valence-electron chi connectivity index (χ0n) is 8.68. The van der Waals surface area contributed by atoms with Crippen molar-refractivity contribution < 1.29 is 0 Å². The molecule has 1 aliphatic heterocycles. The van der Waals surface area contributed by atoms with E-state index in [9.17, 15) is 0 Å². The molecule has 0 spiro atoms. The molecule has 0 radical (unpaired) electrons. The molecule has 0 aliphatic carbocycles. The molecule has 1 aliphatic rings. The number of fused-ring (bicyclic) bond motifs is 3. The van der Waals surface area contributed by atoms with E-state index in [2.05, 4.69) is 22.9 Å². The van der Waals surface area contributed by atoms with E-state index in [1.165, 1.54) is 22.2 Å². The molecule has 2 nitrogen and oxygen atoms in total. The van der Waals surface area contributed by atoms with Crippen LogP contribution in [-0.4, -0.2) is 11.1 Å². The maximum Gasteiger partial charge on any atom is 0.0729 e. The second-order valence-electron chi connectivity index (χ2n) is 4.04. The lowest BCUT2D eigenvalue weighted by atomic mass is 10.1. The molecule has 0 bridgehead atoms. The number of hydrogen-bond donors (Lipinski definition) is 1. The van der Waals surface area contributed by atoms with E-state index in [-0.39, 0.29) is 0 Å². The van der Waals surface area contributed by atoms with Crippen LogP contribution < -0.4 is 5.32 Å². The predicted molar refractivity (Wildman–Crippen MR) is 63.4 cm³/mol. The monoisotopic (exact) mass is 220 g/mol. The number of aromatic nitrogens is 1. The highest BCUT2D eigenvalue weighted by Gasteiger charge is 2.17. The number of halogens is 1. The Hall–Kier alpha value is -0.990. The third kappa shape index (κ3) is 1.22. The van der Waals surface area contributed by atoms with E-state index in [1.807, 2.05) is 12.1 Å². The molecule has 0 unspecified atom stereocenters. The van der Waals surface area contributed by atoms with Crippen LogP contribution >= 0.6 is 11.6 Å². The first kappa shape index (κ1) is 9.25. The van der Waals surface area contributed by atoms with Crippen LogP contribution in [0.2, 0.25) is 5.02 Å². The van der Waals surface area contributed by atoms with Gasteiger partial charge in [0.15, 0.2) is 0 Å². The number of benzene rings is 1. The maximum atomic E-state index is 6.26. The molecular formula is C12H13ClN2. The SMILES string of the molecule is Cc1c2n(c3c(Cl)cccc13)CNCC2. The van der Waals surface area contributed by atoms with E-state index in [1.54, 1.807) is 0 Å². The number of nitrogens with zero attached hydrogens (tertiary/aromatic N) is 1. The first-order valence-corrected chi connectivity index (χ1v) is 5.64. The minimum Gasteiger partial charge on any atom is -0.330 e. The lowest BCUT2D eigenvalue weighted by Gasteiger charge is -2.18. The van der Waals surface area contributed by atoms with E-state index < -0.39 is 0 Å². The fourth-order valence-electron chi connectivity index (χ4n) is 2.48. The highest BCUT2D eigenvalue weighted by atomic mass is 35.5. The van der Waals surface area contributed by atoms with Gasteiger partial charge < -0.3 is 4.57 Å². The summed E-state index contributed by atoms with van der Waals surface area (Å²) in [7, 11) is 0. The summed E-state index contributed by atoms with van der Waals surface area (Å²) in [5.74, 6) is 0. The molecule has 3 heteroatoms. The Kier molecular flexibility index (Phi) is 2.01. The minimum atomic E-state index is 0.852. The Morgan fingerprint density at radius 2 is 2.27 bits per heavy atom. The summed E-state index contributed by atoms with van der Waals surface area (Å²) in [5.41, 5.74) is 3.99. The number of hydrogen-bond acceptors (Lipinski definition) is 1. The summed E-state index contributed by atoms with van der Waals surface area (Å²) in [5, 5.41) is 5.52. The van der Waals surface area contributed by atoms with Gasteiger partial charge in [0.05, 0.1) is 17.2 Å². The lowest BCUT2D eigenvalue weighted by molar-refractivity contribution is 0.505. The maximum absolute atomic E-state index is 6.26. The van der Waals surface area contributed by atoms with Crippen LogP contribution in [0.15, 0.2) is 18.2 Å². The molecule has 0 fully saturated rings. The van der Waals surface area contributed by atoms with Crippen molar-refractivity contribution in [2.24, 2.45) is 0 Å². The van der Waals surface area contributed by atoms with Crippen LogP contribution in [0, 0.1) is 6.92 Å². The van der Waals surface area contributed by atoms with Crippen LogP contribution in [0.4, 0.5) is 0 Å². The Labute approximate surface area is 93.8 Å². The summed E-state index contributed by atoms with van der Waals surface area (Å²) in [6.45, 7) is 4.13. The fraction of sp³-hybridized carbons (Fsp3) is 0.333. The van der Waals surface area contributed by atoms with Crippen LogP contribution in [0.25, 0.3) is 10.9 Å². The molecule has 0 atom stereocenters. The van der Waals surface area contributed by atoms with Crippen molar-refractivity contribution in [1.82, 2.24) is 9.88 Å². The third-order valence-corrected chi connectivity index (χ3v) is 3.53. The summed E-state index contributed by atoms with van der Waals surface area (Å²) in [6, 6.07) is 6.14. The van der Waals surface area contributed by atoms with Gasteiger partial charge in [-0.15, -0.1) is 0 Å². The summed E-state index contributed by atoms with van der Waals surface area (Å²) >= 11 is 6.26. The van der Waals surface area contributed by atoms with Crippen molar-refractivity contribution in [3.05, 3.63) is 34.5 Å². The second-order valence-corrected chi connectivity index (χ2v) is 4.45.